The second kappa shape index (κ2) is 8.94. The van der Waals surface area contributed by atoms with Crippen molar-refractivity contribution in [3.05, 3.63) is 21.4 Å². The fourth-order valence-electron chi connectivity index (χ4n) is 2.49. The van der Waals surface area contributed by atoms with Crippen molar-refractivity contribution in [2.75, 3.05) is 6.61 Å². The predicted molar refractivity (Wildman–Crippen MR) is 98.3 cm³/mol. The molecule has 1 aromatic rings. The third kappa shape index (κ3) is 7.14. The van der Waals surface area contributed by atoms with E-state index in [4.69, 9.17) is 31.6 Å². The van der Waals surface area contributed by atoms with Crippen molar-refractivity contribution < 1.29 is 59.9 Å². The lowest BCUT2D eigenvalue weighted by molar-refractivity contribution is -0.0598. The summed E-state index contributed by atoms with van der Waals surface area (Å²) in [5.74, 6) is -0.908. The zero-order valence-corrected chi connectivity index (χ0v) is 19.0. The molecular weight excluding hydrogens is 519 g/mol. The largest absolute Gasteiger partial charge is 0.490 e. The fourth-order valence-corrected chi connectivity index (χ4v) is 6.00. The monoisotopic (exact) mass is 534 g/mol. The highest BCUT2D eigenvalue weighted by Gasteiger charge is 2.48. The van der Waals surface area contributed by atoms with Gasteiger partial charge >= 0.3 is 23.5 Å². The van der Waals surface area contributed by atoms with Crippen LogP contribution in [0.5, 0.6) is 0 Å². The molecule has 0 aliphatic carbocycles. The molecule has 2 rings (SSSR count). The van der Waals surface area contributed by atoms with Crippen LogP contribution in [-0.2, 0) is 31.6 Å². The lowest BCUT2D eigenvalue weighted by Gasteiger charge is -2.24. The Morgan fingerprint density at radius 1 is 1.27 bits per heavy atom. The second-order valence-corrected chi connectivity index (χ2v) is 11.3. The molecule has 20 heteroatoms. The number of nitrogens with one attached hydrogen (secondary N) is 1. The van der Waals surface area contributed by atoms with E-state index >= 15 is 0 Å². The van der Waals surface area contributed by atoms with Crippen LogP contribution in [0.1, 0.15) is 19.6 Å². The number of alkyl halides is 1. The maximum Gasteiger partial charge on any atom is 0.490 e. The van der Waals surface area contributed by atoms with E-state index in [9.17, 15) is 27.4 Å². The predicted octanol–water partition coefficient (Wildman–Crippen LogP) is 2.77. The number of rotatable bonds is 8. The van der Waals surface area contributed by atoms with Crippen molar-refractivity contribution in [3.63, 3.8) is 0 Å². The summed E-state index contributed by atoms with van der Waals surface area (Å²) >= 11 is 9.63. The Morgan fingerprint density at radius 2 is 1.87 bits per heavy atom. The quantitative estimate of drug-likeness (QED) is 0.242. The molecule has 1 aliphatic heterocycles. The number of nitrogens with zero attached hydrogens (tertiary/aromatic N) is 1. The van der Waals surface area contributed by atoms with Crippen molar-refractivity contribution in [1.82, 2.24) is 9.55 Å². The third-order valence-electron chi connectivity index (χ3n) is 3.48. The number of aromatic amines is 1. The van der Waals surface area contributed by atoms with Crippen LogP contribution >= 0.6 is 47.9 Å². The van der Waals surface area contributed by atoms with Crippen LogP contribution in [-0.4, -0.2) is 47.5 Å². The molecule has 0 aromatic carbocycles. The molecule has 172 valence electrons. The van der Waals surface area contributed by atoms with Gasteiger partial charge in [-0.05, 0) is 19.1 Å². The first-order chi connectivity index (χ1) is 13.4. The standard InChI is InChI=1S/C10H15F2N2O11P3S2/c1-10(12)2-5(23-8(10)14-3-6(11)7(29)13-9(14)30)4-22-27(18,19)25-28(20,21)24-26(15,16)17/h3,5,8H,2,4H2,1H3,(H,18,19)(H,20,21)(H,13,29,30)(H2,15,16,17). The summed E-state index contributed by atoms with van der Waals surface area (Å²) in [5.41, 5.74) is -2.16. The number of aromatic nitrogens is 2. The fraction of sp³-hybridized carbons (Fsp3) is 0.600. The molecule has 0 bridgehead atoms. The molecule has 5 atom stereocenters. The Morgan fingerprint density at radius 3 is 2.43 bits per heavy atom. The molecule has 0 amide bonds. The van der Waals surface area contributed by atoms with Crippen LogP contribution in [0.4, 0.5) is 8.78 Å². The molecule has 5 N–H and O–H groups in total. The van der Waals surface area contributed by atoms with Crippen molar-refractivity contribution in [1.29, 1.82) is 0 Å². The van der Waals surface area contributed by atoms with Gasteiger partial charge in [0.15, 0.2) is 22.5 Å². The molecular formula is C10H15F2N2O11P3S2. The molecule has 0 radical (unpaired) electrons. The van der Waals surface area contributed by atoms with E-state index < -0.39 is 60.3 Å². The number of phosphoric ester groups is 1. The number of H-pyrrole nitrogens is 1. The van der Waals surface area contributed by atoms with Gasteiger partial charge in [-0.15, -0.1) is 0 Å². The lowest BCUT2D eigenvalue weighted by Crippen LogP contribution is -2.28. The van der Waals surface area contributed by atoms with Crippen molar-refractivity contribution >= 4 is 47.9 Å². The van der Waals surface area contributed by atoms with Gasteiger partial charge in [0, 0.05) is 12.6 Å². The van der Waals surface area contributed by atoms with Crippen LogP contribution in [0.3, 0.4) is 0 Å². The summed E-state index contributed by atoms with van der Waals surface area (Å²) in [6.07, 6.45) is -2.34. The molecule has 30 heavy (non-hydrogen) atoms. The zero-order chi connectivity index (χ0) is 23.1. The second-order valence-electron chi connectivity index (χ2n) is 6.12. The van der Waals surface area contributed by atoms with E-state index in [0.717, 1.165) is 17.7 Å². The minimum Gasteiger partial charge on any atom is -0.349 e. The Bertz CT molecular complexity index is 1070. The number of halogens is 2. The molecule has 0 saturated carbocycles. The van der Waals surface area contributed by atoms with E-state index in [-0.39, 0.29) is 9.41 Å². The van der Waals surface area contributed by atoms with Crippen LogP contribution in [0.25, 0.3) is 0 Å². The molecule has 5 unspecified atom stereocenters. The molecule has 1 fully saturated rings. The average Bonchev–Trinajstić information content (AvgIpc) is 2.80. The van der Waals surface area contributed by atoms with E-state index in [1.807, 2.05) is 0 Å². The summed E-state index contributed by atoms with van der Waals surface area (Å²) < 4.78 is 79.6. The maximum atomic E-state index is 14.9. The maximum absolute atomic E-state index is 14.9. The summed E-state index contributed by atoms with van der Waals surface area (Å²) in [6.45, 7) is 0.224. The van der Waals surface area contributed by atoms with E-state index in [1.54, 1.807) is 0 Å². The number of hydrogen-bond donors (Lipinski definition) is 5. The summed E-state index contributed by atoms with van der Waals surface area (Å²) in [5, 5.41) is 0. The van der Waals surface area contributed by atoms with E-state index in [2.05, 4.69) is 30.3 Å². The summed E-state index contributed by atoms with van der Waals surface area (Å²) in [4.78, 5) is 37.8. The van der Waals surface area contributed by atoms with Gasteiger partial charge in [0.25, 0.3) is 0 Å². The van der Waals surface area contributed by atoms with Gasteiger partial charge in [-0.3, -0.25) is 9.09 Å². The minimum absolute atomic E-state index is 0.163. The Hall–Kier alpha value is -0.250. The van der Waals surface area contributed by atoms with Crippen LogP contribution < -0.4 is 0 Å². The highest BCUT2D eigenvalue weighted by atomic mass is 32.1. The Balaban J connectivity index is 2.09. The van der Waals surface area contributed by atoms with Crippen molar-refractivity contribution in [2.45, 2.75) is 31.3 Å². The first-order valence-electron chi connectivity index (χ1n) is 7.54. The zero-order valence-electron chi connectivity index (χ0n) is 14.7. The number of ether oxygens (including phenoxy) is 1. The van der Waals surface area contributed by atoms with Crippen molar-refractivity contribution in [2.24, 2.45) is 0 Å². The third-order valence-corrected chi connectivity index (χ3v) is 7.89. The van der Waals surface area contributed by atoms with Gasteiger partial charge in [0.05, 0.1) is 12.7 Å². The van der Waals surface area contributed by atoms with Crippen LogP contribution in [0.2, 0.25) is 0 Å². The Labute approximate surface area is 177 Å². The lowest BCUT2D eigenvalue weighted by atomic mass is 10.0. The van der Waals surface area contributed by atoms with Crippen molar-refractivity contribution in [3.8, 4) is 0 Å². The minimum atomic E-state index is -5.69. The number of hydrogen-bond acceptors (Lipinski definition) is 9. The van der Waals surface area contributed by atoms with E-state index in [1.165, 1.54) is 0 Å². The number of phosphoric acid groups is 3. The summed E-state index contributed by atoms with van der Waals surface area (Å²) in [7, 11) is -16.6. The van der Waals surface area contributed by atoms with Crippen LogP contribution in [0, 0.1) is 15.2 Å². The van der Waals surface area contributed by atoms with Crippen LogP contribution in [0.15, 0.2) is 6.20 Å². The smallest absolute Gasteiger partial charge is 0.349 e. The molecule has 2 heterocycles. The highest BCUT2D eigenvalue weighted by molar-refractivity contribution is 7.72. The van der Waals surface area contributed by atoms with Gasteiger partial charge in [0.1, 0.15) is 4.64 Å². The molecule has 1 aromatic heterocycles. The van der Waals surface area contributed by atoms with Gasteiger partial charge in [0.2, 0.25) is 0 Å². The SMILES string of the molecule is CC1(F)CC(COP(=O)(O)OP(=O)(O)OP(=O)(O)O)OC1n1cc(F)c(=S)[nH]c1=S. The topological polar surface area (TPSA) is 190 Å². The normalized spacial score (nSPS) is 28.8. The highest BCUT2D eigenvalue weighted by Crippen LogP contribution is 2.66. The summed E-state index contributed by atoms with van der Waals surface area (Å²) in [6, 6.07) is 0. The molecule has 13 nitrogen and oxygen atoms in total. The Kier molecular flexibility index (Phi) is 7.75. The molecule has 1 aliphatic rings. The average molecular weight is 534 g/mol. The van der Waals surface area contributed by atoms with E-state index in [0.29, 0.717) is 0 Å². The molecule has 0 spiro atoms. The first-order valence-corrected chi connectivity index (χ1v) is 12.9. The van der Waals surface area contributed by atoms with Gasteiger partial charge in [-0.1, -0.05) is 12.2 Å². The molecule has 1 saturated heterocycles. The van der Waals surface area contributed by atoms with Gasteiger partial charge in [-0.25, -0.2) is 22.5 Å². The van der Waals surface area contributed by atoms with Gasteiger partial charge in [-0.2, -0.15) is 8.62 Å². The van der Waals surface area contributed by atoms with Gasteiger partial charge < -0.3 is 29.3 Å². The first kappa shape index (κ1) is 26.0.